The van der Waals surface area contributed by atoms with E-state index in [9.17, 15) is 0 Å². The Labute approximate surface area is 53.7 Å². The highest BCUT2D eigenvalue weighted by molar-refractivity contribution is 4.64. The Balaban J connectivity index is 0. The van der Waals surface area contributed by atoms with Crippen molar-refractivity contribution in [1.29, 1.82) is 0 Å². The molecule has 1 nitrogen and oxygen atoms in total. The van der Waals surface area contributed by atoms with Crippen LogP contribution in [0.1, 0.15) is 28.2 Å². The number of hydrogen-bond acceptors (Lipinski definition) is 1. The van der Waals surface area contributed by atoms with E-state index in [-0.39, 0.29) is 14.9 Å². The lowest BCUT2D eigenvalue weighted by Crippen LogP contribution is -2.36. The van der Waals surface area contributed by atoms with Crippen molar-refractivity contribution >= 4 is 0 Å². The van der Waals surface area contributed by atoms with Crippen LogP contribution in [0.5, 0.6) is 0 Å². The van der Waals surface area contributed by atoms with Crippen LogP contribution in [0, 0.1) is 0 Å². The van der Waals surface area contributed by atoms with Gasteiger partial charge in [-0.25, -0.2) is 0 Å². The Morgan fingerprint density at radius 1 is 1.25 bits per heavy atom. The van der Waals surface area contributed by atoms with E-state index in [1.807, 2.05) is 0 Å². The van der Waals surface area contributed by atoms with Crippen molar-refractivity contribution in [2.45, 2.75) is 28.2 Å². The molecule has 0 N–H and O–H groups in total. The van der Waals surface area contributed by atoms with E-state index in [2.05, 4.69) is 11.8 Å². The first-order valence-corrected chi connectivity index (χ1v) is 2.66. The molecule has 0 saturated carbocycles. The van der Waals surface area contributed by atoms with E-state index in [1.165, 1.54) is 26.1 Å². The SMILES string of the molecule is C.C.CCN1CCC1. The van der Waals surface area contributed by atoms with Gasteiger partial charge in [0.15, 0.2) is 0 Å². The molecule has 0 aromatic heterocycles. The fourth-order valence-electron chi connectivity index (χ4n) is 0.698. The molecule has 0 atom stereocenters. The first-order chi connectivity index (χ1) is 2.93. The third-order valence-electron chi connectivity index (χ3n) is 1.40. The number of nitrogens with zero attached hydrogens (tertiary/aromatic N) is 1. The Kier molecular flexibility index (Phi) is 6.93. The zero-order valence-corrected chi connectivity index (χ0v) is 4.28. The Morgan fingerprint density at radius 2 is 1.75 bits per heavy atom. The van der Waals surface area contributed by atoms with E-state index >= 15 is 0 Å². The summed E-state index contributed by atoms with van der Waals surface area (Å²) in [5.41, 5.74) is 0. The summed E-state index contributed by atoms with van der Waals surface area (Å²) in [7, 11) is 0. The minimum absolute atomic E-state index is 0. The predicted molar refractivity (Wildman–Crippen MR) is 40.2 cm³/mol. The molecule has 0 aliphatic carbocycles. The van der Waals surface area contributed by atoms with Gasteiger partial charge in [0.25, 0.3) is 0 Å². The number of likely N-dealkylation sites (tertiary alicyclic amines) is 1. The smallest absolute Gasteiger partial charge is 0.000665 e. The molecule has 1 heteroatoms. The van der Waals surface area contributed by atoms with Crippen molar-refractivity contribution < 1.29 is 0 Å². The molecule has 1 heterocycles. The summed E-state index contributed by atoms with van der Waals surface area (Å²) in [6.45, 7) is 6.14. The highest BCUT2D eigenvalue weighted by atomic mass is 15.2. The van der Waals surface area contributed by atoms with E-state index in [0.29, 0.717) is 0 Å². The summed E-state index contributed by atoms with van der Waals surface area (Å²) in [6.07, 6.45) is 1.42. The molecule has 1 fully saturated rings. The molecule has 1 saturated heterocycles. The molecular weight excluding hydrogens is 98.1 g/mol. The van der Waals surface area contributed by atoms with Gasteiger partial charge in [-0.1, -0.05) is 21.8 Å². The van der Waals surface area contributed by atoms with Gasteiger partial charge in [-0.15, -0.1) is 0 Å². The highest BCUT2D eigenvalue weighted by Crippen LogP contribution is 2.02. The maximum Gasteiger partial charge on any atom is -0.000665 e. The third kappa shape index (κ3) is 2.31. The van der Waals surface area contributed by atoms with Crippen molar-refractivity contribution in [1.82, 2.24) is 4.90 Å². The molecule has 0 bridgehead atoms. The van der Waals surface area contributed by atoms with Gasteiger partial charge in [0.05, 0.1) is 0 Å². The molecule has 0 radical (unpaired) electrons. The van der Waals surface area contributed by atoms with Crippen LogP contribution in [0.4, 0.5) is 0 Å². The van der Waals surface area contributed by atoms with Gasteiger partial charge in [0.1, 0.15) is 0 Å². The van der Waals surface area contributed by atoms with E-state index in [4.69, 9.17) is 0 Å². The van der Waals surface area contributed by atoms with Crippen LogP contribution in [0.25, 0.3) is 0 Å². The molecule has 0 aromatic rings. The van der Waals surface area contributed by atoms with Crippen LogP contribution >= 0.6 is 0 Å². The molecule has 1 aliphatic rings. The minimum Gasteiger partial charge on any atom is -0.304 e. The Bertz CT molecular complexity index is 36.9. The van der Waals surface area contributed by atoms with E-state index in [1.54, 1.807) is 0 Å². The van der Waals surface area contributed by atoms with Crippen molar-refractivity contribution in [3.8, 4) is 0 Å². The van der Waals surface area contributed by atoms with Gasteiger partial charge in [-0.05, 0) is 26.1 Å². The van der Waals surface area contributed by atoms with Gasteiger partial charge < -0.3 is 4.90 Å². The maximum atomic E-state index is 2.43. The topological polar surface area (TPSA) is 3.24 Å². The summed E-state index contributed by atoms with van der Waals surface area (Å²) in [5.74, 6) is 0. The average Bonchev–Trinajstić information content (AvgIpc) is 1.31. The zero-order chi connectivity index (χ0) is 4.41. The van der Waals surface area contributed by atoms with Gasteiger partial charge in [-0.2, -0.15) is 0 Å². The molecule has 1 rings (SSSR count). The second-order valence-electron chi connectivity index (χ2n) is 1.79. The molecule has 0 spiro atoms. The van der Waals surface area contributed by atoms with E-state index in [0.717, 1.165) is 0 Å². The molecule has 8 heavy (non-hydrogen) atoms. The van der Waals surface area contributed by atoms with Gasteiger partial charge in [0, 0.05) is 0 Å². The standard InChI is InChI=1S/C5H11N.2CH4/c1-2-6-4-3-5-6;;/h2-5H2,1H3;2*1H4. The first-order valence-electron chi connectivity index (χ1n) is 2.66. The van der Waals surface area contributed by atoms with Crippen LogP contribution in [0.2, 0.25) is 0 Å². The van der Waals surface area contributed by atoms with Crippen molar-refractivity contribution in [2.24, 2.45) is 0 Å². The fraction of sp³-hybridized carbons (Fsp3) is 1.00. The Morgan fingerprint density at radius 3 is 1.75 bits per heavy atom. The van der Waals surface area contributed by atoms with Gasteiger partial charge in [-0.3, -0.25) is 0 Å². The monoisotopic (exact) mass is 117 g/mol. The van der Waals surface area contributed by atoms with Crippen molar-refractivity contribution in [3.63, 3.8) is 0 Å². The second-order valence-corrected chi connectivity index (χ2v) is 1.79. The normalized spacial score (nSPS) is 17.6. The summed E-state index contributed by atoms with van der Waals surface area (Å²) >= 11 is 0. The molecule has 1 aliphatic heterocycles. The van der Waals surface area contributed by atoms with Crippen molar-refractivity contribution in [3.05, 3.63) is 0 Å². The summed E-state index contributed by atoms with van der Waals surface area (Å²) in [4.78, 5) is 2.43. The quantitative estimate of drug-likeness (QED) is 0.507. The zero-order valence-electron chi connectivity index (χ0n) is 4.28. The van der Waals surface area contributed by atoms with Gasteiger partial charge >= 0.3 is 0 Å². The van der Waals surface area contributed by atoms with Crippen LogP contribution in [-0.2, 0) is 0 Å². The maximum absolute atomic E-state index is 2.43. The highest BCUT2D eigenvalue weighted by Gasteiger charge is 2.08. The lowest BCUT2D eigenvalue weighted by Gasteiger charge is -2.28. The van der Waals surface area contributed by atoms with Crippen LogP contribution in [0.15, 0.2) is 0 Å². The second kappa shape index (κ2) is 5.10. The summed E-state index contributed by atoms with van der Waals surface area (Å²) in [6, 6.07) is 0. The Hall–Kier alpha value is -0.0400. The number of hydrogen-bond donors (Lipinski definition) is 0. The lowest BCUT2D eigenvalue weighted by molar-refractivity contribution is 0.192. The summed E-state index contributed by atoms with van der Waals surface area (Å²) in [5, 5.41) is 0. The largest absolute Gasteiger partial charge is 0.304 e. The molecule has 0 aromatic carbocycles. The molecular formula is C7H19N. The first kappa shape index (κ1) is 10.9. The minimum atomic E-state index is 0. The van der Waals surface area contributed by atoms with Gasteiger partial charge in [0.2, 0.25) is 0 Å². The molecule has 52 valence electrons. The van der Waals surface area contributed by atoms with Crippen LogP contribution < -0.4 is 0 Å². The average molecular weight is 117 g/mol. The molecule has 0 unspecified atom stereocenters. The number of rotatable bonds is 1. The lowest BCUT2D eigenvalue weighted by atomic mass is 10.2. The summed E-state index contributed by atoms with van der Waals surface area (Å²) < 4.78 is 0. The predicted octanol–water partition coefficient (Wildman–Crippen LogP) is 1.98. The van der Waals surface area contributed by atoms with Crippen LogP contribution in [0.3, 0.4) is 0 Å². The third-order valence-corrected chi connectivity index (χ3v) is 1.40. The fourth-order valence-corrected chi connectivity index (χ4v) is 0.698. The van der Waals surface area contributed by atoms with Crippen molar-refractivity contribution in [2.75, 3.05) is 19.6 Å². The van der Waals surface area contributed by atoms with Crippen LogP contribution in [-0.4, -0.2) is 24.5 Å². The van der Waals surface area contributed by atoms with E-state index < -0.39 is 0 Å². The molecule has 0 amide bonds.